The van der Waals surface area contributed by atoms with Crippen LogP contribution in [0.25, 0.3) is 0 Å². The molecule has 0 aliphatic carbocycles. The zero-order valence-electron chi connectivity index (χ0n) is 10.9. The first-order chi connectivity index (χ1) is 9.69. The third kappa shape index (κ3) is 3.83. The Bertz CT molecular complexity index is 579. The minimum Gasteiger partial charge on any atom is -0.450 e. The van der Waals surface area contributed by atoms with Crippen LogP contribution in [-0.4, -0.2) is 18.6 Å². The fourth-order valence-corrected chi connectivity index (χ4v) is 2.14. The Morgan fingerprint density at radius 3 is 2.30 bits per heavy atom. The first-order valence-corrected chi connectivity index (χ1v) is 6.95. The van der Waals surface area contributed by atoms with Gasteiger partial charge in [-0.15, -0.1) is 11.3 Å². The average molecular weight is 290 g/mol. The zero-order chi connectivity index (χ0) is 14.4. The summed E-state index contributed by atoms with van der Waals surface area (Å²) in [7, 11) is 0. The topological polar surface area (TPSA) is 67.4 Å². The van der Waals surface area contributed by atoms with E-state index < -0.39 is 6.09 Å². The molecule has 2 rings (SSSR count). The average Bonchev–Trinajstić information content (AvgIpc) is 2.95. The van der Waals surface area contributed by atoms with Gasteiger partial charge in [0.15, 0.2) is 0 Å². The molecule has 1 heterocycles. The highest BCUT2D eigenvalue weighted by Crippen LogP contribution is 2.16. The molecule has 0 aliphatic heterocycles. The van der Waals surface area contributed by atoms with E-state index in [1.54, 1.807) is 37.3 Å². The summed E-state index contributed by atoms with van der Waals surface area (Å²) in [6.45, 7) is 2.06. The molecule has 0 spiro atoms. The second-order valence-electron chi connectivity index (χ2n) is 3.85. The number of thiophene rings is 1. The predicted octanol–water partition coefficient (Wildman–Crippen LogP) is 3.57. The van der Waals surface area contributed by atoms with Crippen molar-refractivity contribution in [2.24, 2.45) is 0 Å². The second kappa shape index (κ2) is 6.72. The first-order valence-electron chi connectivity index (χ1n) is 6.07. The summed E-state index contributed by atoms with van der Waals surface area (Å²) < 4.78 is 4.77. The Kier molecular flexibility index (Phi) is 4.73. The molecule has 2 aromatic rings. The van der Waals surface area contributed by atoms with E-state index in [0.717, 1.165) is 0 Å². The van der Waals surface area contributed by atoms with Gasteiger partial charge < -0.3 is 10.1 Å². The van der Waals surface area contributed by atoms with E-state index in [9.17, 15) is 9.59 Å². The molecule has 1 aromatic carbocycles. The minimum absolute atomic E-state index is 0.147. The lowest BCUT2D eigenvalue weighted by molar-refractivity contribution is 0.103. The Hall–Kier alpha value is -2.34. The van der Waals surface area contributed by atoms with Gasteiger partial charge in [-0.2, -0.15) is 0 Å². The van der Waals surface area contributed by atoms with Crippen LogP contribution in [0.1, 0.15) is 16.6 Å². The summed E-state index contributed by atoms with van der Waals surface area (Å²) in [5.74, 6) is -0.147. The summed E-state index contributed by atoms with van der Waals surface area (Å²) in [6, 6.07) is 10.4. The van der Waals surface area contributed by atoms with Crippen LogP contribution < -0.4 is 10.6 Å². The number of hydrogen-bond donors (Lipinski definition) is 2. The van der Waals surface area contributed by atoms with E-state index in [2.05, 4.69) is 10.6 Å². The van der Waals surface area contributed by atoms with Gasteiger partial charge >= 0.3 is 6.09 Å². The smallest absolute Gasteiger partial charge is 0.411 e. The van der Waals surface area contributed by atoms with Gasteiger partial charge in [-0.25, -0.2) is 4.79 Å². The van der Waals surface area contributed by atoms with E-state index in [4.69, 9.17) is 4.74 Å². The lowest BCUT2D eigenvalue weighted by Crippen LogP contribution is -2.13. The van der Waals surface area contributed by atoms with Gasteiger partial charge in [0.1, 0.15) is 0 Å². The number of benzene rings is 1. The molecule has 0 fully saturated rings. The standard InChI is InChI=1S/C14H14N2O3S/c1-2-19-14(18)16-11-7-5-10(6-8-11)15-13(17)12-4-3-9-20-12/h3-9H,2H2,1H3,(H,15,17)(H,16,18). The molecular weight excluding hydrogens is 276 g/mol. The number of nitrogens with one attached hydrogen (secondary N) is 2. The number of carbonyl (C=O) groups excluding carboxylic acids is 2. The maximum atomic E-state index is 11.8. The fraction of sp³-hybridized carbons (Fsp3) is 0.143. The van der Waals surface area contributed by atoms with E-state index >= 15 is 0 Å². The number of amides is 2. The van der Waals surface area contributed by atoms with Crippen molar-refractivity contribution in [3.8, 4) is 0 Å². The molecule has 0 atom stereocenters. The van der Waals surface area contributed by atoms with Crippen molar-refractivity contribution in [2.75, 3.05) is 17.2 Å². The lowest BCUT2D eigenvalue weighted by atomic mass is 10.2. The second-order valence-corrected chi connectivity index (χ2v) is 4.80. The van der Waals surface area contributed by atoms with Gasteiger partial charge in [0.2, 0.25) is 0 Å². The summed E-state index contributed by atoms with van der Waals surface area (Å²) in [6.07, 6.45) is -0.497. The Morgan fingerprint density at radius 1 is 1.10 bits per heavy atom. The molecule has 0 saturated carbocycles. The molecule has 104 valence electrons. The van der Waals surface area contributed by atoms with Crippen LogP contribution in [0, 0.1) is 0 Å². The maximum Gasteiger partial charge on any atom is 0.411 e. The van der Waals surface area contributed by atoms with Gasteiger partial charge in [-0.3, -0.25) is 10.1 Å². The van der Waals surface area contributed by atoms with Gasteiger partial charge in [0.25, 0.3) is 5.91 Å². The number of carbonyl (C=O) groups is 2. The molecule has 1 aromatic heterocycles. The van der Waals surface area contributed by atoms with Crippen LogP contribution in [0.15, 0.2) is 41.8 Å². The van der Waals surface area contributed by atoms with Crippen LogP contribution in [-0.2, 0) is 4.74 Å². The van der Waals surface area contributed by atoms with Crippen molar-refractivity contribution in [3.05, 3.63) is 46.7 Å². The summed E-state index contributed by atoms with van der Waals surface area (Å²) >= 11 is 1.38. The van der Waals surface area contributed by atoms with Gasteiger partial charge in [-0.05, 0) is 42.6 Å². The lowest BCUT2D eigenvalue weighted by Gasteiger charge is -2.07. The SMILES string of the molecule is CCOC(=O)Nc1ccc(NC(=O)c2cccs2)cc1. The molecular formula is C14H14N2O3S. The van der Waals surface area contributed by atoms with Crippen molar-refractivity contribution >= 4 is 34.7 Å². The van der Waals surface area contributed by atoms with Gasteiger partial charge in [-0.1, -0.05) is 6.07 Å². The van der Waals surface area contributed by atoms with Crippen molar-refractivity contribution in [2.45, 2.75) is 6.92 Å². The molecule has 0 aliphatic rings. The molecule has 2 amide bonds. The van der Waals surface area contributed by atoms with E-state index in [1.165, 1.54) is 11.3 Å². The van der Waals surface area contributed by atoms with Crippen LogP contribution in [0.4, 0.5) is 16.2 Å². The normalized spacial score (nSPS) is 9.85. The van der Waals surface area contributed by atoms with Gasteiger partial charge in [0.05, 0.1) is 11.5 Å². The molecule has 0 radical (unpaired) electrons. The molecule has 5 nitrogen and oxygen atoms in total. The molecule has 2 N–H and O–H groups in total. The number of hydrogen-bond acceptors (Lipinski definition) is 4. The Labute approximate surface area is 120 Å². The summed E-state index contributed by atoms with van der Waals surface area (Å²) in [5.41, 5.74) is 1.27. The third-order valence-electron chi connectivity index (χ3n) is 2.41. The van der Waals surface area contributed by atoms with Crippen LogP contribution in [0.2, 0.25) is 0 Å². The summed E-state index contributed by atoms with van der Waals surface area (Å²) in [5, 5.41) is 7.21. The monoisotopic (exact) mass is 290 g/mol. The van der Waals surface area contributed by atoms with E-state index in [1.807, 2.05) is 11.4 Å². The Balaban J connectivity index is 1.95. The number of anilines is 2. The molecule has 0 saturated heterocycles. The fourth-order valence-electron chi connectivity index (χ4n) is 1.52. The highest BCUT2D eigenvalue weighted by atomic mass is 32.1. The van der Waals surface area contributed by atoms with Gasteiger partial charge in [0, 0.05) is 11.4 Å². The Morgan fingerprint density at radius 2 is 1.75 bits per heavy atom. The summed E-state index contributed by atoms with van der Waals surface area (Å²) in [4.78, 5) is 23.7. The quantitative estimate of drug-likeness (QED) is 0.904. The van der Waals surface area contributed by atoms with Crippen LogP contribution in [0.3, 0.4) is 0 Å². The number of rotatable bonds is 4. The number of ether oxygens (including phenoxy) is 1. The van der Waals surface area contributed by atoms with E-state index in [-0.39, 0.29) is 5.91 Å². The molecule has 20 heavy (non-hydrogen) atoms. The predicted molar refractivity (Wildman–Crippen MR) is 79.4 cm³/mol. The molecule has 0 unspecified atom stereocenters. The van der Waals surface area contributed by atoms with E-state index in [0.29, 0.717) is 22.9 Å². The van der Waals surface area contributed by atoms with Crippen LogP contribution in [0.5, 0.6) is 0 Å². The highest BCUT2D eigenvalue weighted by molar-refractivity contribution is 7.12. The van der Waals surface area contributed by atoms with Crippen molar-refractivity contribution in [3.63, 3.8) is 0 Å². The van der Waals surface area contributed by atoms with Crippen molar-refractivity contribution < 1.29 is 14.3 Å². The van der Waals surface area contributed by atoms with Crippen LogP contribution >= 0.6 is 11.3 Å². The first kappa shape index (κ1) is 14.1. The zero-order valence-corrected chi connectivity index (χ0v) is 11.7. The minimum atomic E-state index is -0.497. The van der Waals surface area contributed by atoms with Crippen molar-refractivity contribution in [1.29, 1.82) is 0 Å². The van der Waals surface area contributed by atoms with Crippen molar-refractivity contribution in [1.82, 2.24) is 0 Å². The molecule has 6 heteroatoms. The highest BCUT2D eigenvalue weighted by Gasteiger charge is 2.07. The molecule has 0 bridgehead atoms. The largest absolute Gasteiger partial charge is 0.450 e. The maximum absolute atomic E-state index is 11.8. The third-order valence-corrected chi connectivity index (χ3v) is 3.28.